The molecular formula is C20H28N3O2S+. The monoisotopic (exact) mass is 374 g/mol. The Hall–Kier alpha value is -1.76. The number of hydrogen-bond donors (Lipinski definition) is 1. The van der Waals surface area contributed by atoms with Crippen molar-refractivity contribution in [2.75, 3.05) is 32.8 Å². The molecule has 0 saturated carbocycles. The average molecular weight is 375 g/mol. The molecule has 1 aromatic heterocycles. The molecule has 1 aromatic carbocycles. The van der Waals surface area contributed by atoms with E-state index in [4.69, 9.17) is 9.73 Å². The minimum absolute atomic E-state index is 0.116. The summed E-state index contributed by atoms with van der Waals surface area (Å²) >= 11 is 1.50. The first-order valence-corrected chi connectivity index (χ1v) is 10.1. The molecular weight excluding hydrogens is 346 g/mol. The molecule has 1 fully saturated rings. The van der Waals surface area contributed by atoms with Crippen LogP contribution in [0.25, 0.3) is 0 Å². The van der Waals surface area contributed by atoms with Crippen molar-refractivity contribution in [3.05, 3.63) is 45.2 Å². The third kappa shape index (κ3) is 4.69. The van der Waals surface area contributed by atoms with E-state index in [0.29, 0.717) is 0 Å². The van der Waals surface area contributed by atoms with Crippen molar-refractivity contribution >= 4 is 22.8 Å². The molecule has 0 unspecified atom stereocenters. The highest BCUT2D eigenvalue weighted by atomic mass is 32.1. The molecule has 1 aliphatic heterocycles. The van der Waals surface area contributed by atoms with Crippen LogP contribution in [0.15, 0.2) is 29.3 Å². The molecule has 0 atom stereocenters. The summed E-state index contributed by atoms with van der Waals surface area (Å²) in [5.74, 6) is 0.116. The second kappa shape index (κ2) is 8.75. The summed E-state index contributed by atoms with van der Waals surface area (Å²) < 4.78 is 7.64. The summed E-state index contributed by atoms with van der Waals surface area (Å²) in [6, 6.07) is 8.19. The Labute approximate surface area is 158 Å². The van der Waals surface area contributed by atoms with Crippen molar-refractivity contribution in [3.63, 3.8) is 0 Å². The fraction of sp³-hybridized carbons (Fsp3) is 0.500. The van der Waals surface area contributed by atoms with Gasteiger partial charge in [-0.15, -0.1) is 0 Å². The Morgan fingerprint density at radius 3 is 2.58 bits per heavy atom. The second-order valence-electron chi connectivity index (χ2n) is 6.92. The fourth-order valence-corrected chi connectivity index (χ4v) is 4.36. The molecule has 6 heteroatoms. The van der Waals surface area contributed by atoms with E-state index in [1.54, 1.807) is 11.8 Å². The van der Waals surface area contributed by atoms with Gasteiger partial charge in [0, 0.05) is 25.6 Å². The highest BCUT2D eigenvalue weighted by Crippen LogP contribution is 2.16. The summed E-state index contributed by atoms with van der Waals surface area (Å²) in [5, 5.41) is 0. The zero-order valence-corrected chi connectivity index (χ0v) is 16.7. The molecule has 0 bridgehead atoms. The van der Waals surface area contributed by atoms with Gasteiger partial charge in [-0.1, -0.05) is 29.0 Å². The molecule has 1 saturated heterocycles. The summed E-state index contributed by atoms with van der Waals surface area (Å²) in [5.41, 5.74) is 3.18. The maximum Gasteiger partial charge on any atom is 0.190 e. The van der Waals surface area contributed by atoms with Crippen LogP contribution in [0.2, 0.25) is 0 Å². The number of carbonyl (C=O) groups excluding carboxylic acids is 1. The second-order valence-corrected chi connectivity index (χ2v) is 7.90. The molecule has 0 radical (unpaired) electrons. The highest BCUT2D eigenvalue weighted by Gasteiger charge is 2.16. The Kier molecular flexibility index (Phi) is 6.40. The Morgan fingerprint density at radius 2 is 1.92 bits per heavy atom. The van der Waals surface area contributed by atoms with Gasteiger partial charge in [0.1, 0.15) is 13.1 Å². The van der Waals surface area contributed by atoms with Crippen LogP contribution < -0.4 is 9.70 Å². The van der Waals surface area contributed by atoms with Gasteiger partial charge in [-0.2, -0.15) is 0 Å². The number of carbonyl (C=O) groups is 1. The van der Waals surface area contributed by atoms with Crippen LogP contribution in [0.5, 0.6) is 0 Å². The molecule has 1 aliphatic rings. The summed E-state index contributed by atoms with van der Waals surface area (Å²) in [6.45, 7) is 11.7. The minimum Gasteiger partial charge on any atom is -0.370 e. The van der Waals surface area contributed by atoms with Crippen LogP contribution in [0, 0.1) is 13.8 Å². The standard InChI is InChI=1S/C20H27N3O2S/c1-15-5-7-18(8-6-15)21-20-23(16(2)19(26-20)17(3)24)10-4-9-22-11-13-25-14-12-22/h5-8H,4,9-14H2,1-3H3/p+1. The van der Waals surface area contributed by atoms with Crippen molar-refractivity contribution in [2.24, 2.45) is 4.99 Å². The van der Waals surface area contributed by atoms with Crippen molar-refractivity contribution < 1.29 is 14.4 Å². The van der Waals surface area contributed by atoms with Crippen LogP contribution in [0.3, 0.4) is 0 Å². The van der Waals surface area contributed by atoms with Gasteiger partial charge in [0.15, 0.2) is 10.6 Å². The van der Waals surface area contributed by atoms with Crippen LogP contribution >= 0.6 is 11.3 Å². The van der Waals surface area contributed by atoms with Crippen LogP contribution in [-0.2, 0) is 11.3 Å². The molecule has 2 aromatic rings. The molecule has 26 heavy (non-hydrogen) atoms. The molecule has 0 aliphatic carbocycles. The Balaban J connectivity index is 1.82. The van der Waals surface area contributed by atoms with E-state index in [1.165, 1.54) is 16.9 Å². The first-order valence-electron chi connectivity index (χ1n) is 9.28. The maximum absolute atomic E-state index is 12.0. The predicted molar refractivity (Wildman–Crippen MR) is 104 cm³/mol. The van der Waals surface area contributed by atoms with E-state index in [9.17, 15) is 4.79 Å². The quantitative estimate of drug-likeness (QED) is 0.785. The third-order valence-electron chi connectivity index (χ3n) is 4.85. The zero-order valence-electron chi connectivity index (χ0n) is 15.9. The normalized spacial score (nSPS) is 16.2. The molecule has 3 rings (SSSR count). The number of nitrogens with zero attached hydrogens (tertiary/aromatic N) is 2. The van der Waals surface area contributed by atoms with Gasteiger partial charge >= 0.3 is 0 Å². The zero-order chi connectivity index (χ0) is 18.5. The fourth-order valence-electron chi connectivity index (χ4n) is 3.29. The number of benzene rings is 1. The van der Waals surface area contributed by atoms with E-state index in [0.717, 1.165) is 66.9 Å². The highest BCUT2D eigenvalue weighted by molar-refractivity contribution is 7.11. The van der Waals surface area contributed by atoms with Crippen molar-refractivity contribution in [3.8, 4) is 0 Å². The van der Waals surface area contributed by atoms with Gasteiger partial charge in [-0.25, -0.2) is 4.99 Å². The molecule has 0 amide bonds. The number of nitrogens with one attached hydrogen (secondary N) is 1. The Bertz CT molecular complexity index is 815. The summed E-state index contributed by atoms with van der Waals surface area (Å²) in [4.78, 5) is 20.1. The van der Waals surface area contributed by atoms with Gasteiger partial charge < -0.3 is 14.2 Å². The first kappa shape index (κ1) is 19.0. The lowest BCUT2D eigenvalue weighted by atomic mass is 10.2. The average Bonchev–Trinajstić information content (AvgIpc) is 2.94. The maximum atomic E-state index is 12.0. The van der Waals surface area contributed by atoms with Crippen molar-refractivity contribution in [1.29, 1.82) is 0 Å². The third-order valence-corrected chi connectivity index (χ3v) is 6.13. The van der Waals surface area contributed by atoms with E-state index >= 15 is 0 Å². The lowest BCUT2D eigenvalue weighted by Crippen LogP contribution is -3.14. The Morgan fingerprint density at radius 1 is 1.23 bits per heavy atom. The predicted octanol–water partition coefficient (Wildman–Crippen LogP) is 1.91. The molecule has 140 valence electrons. The van der Waals surface area contributed by atoms with Gasteiger partial charge in [0.05, 0.1) is 30.3 Å². The molecule has 5 nitrogen and oxygen atoms in total. The van der Waals surface area contributed by atoms with Gasteiger partial charge in [0.2, 0.25) is 0 Å². The van der Waals surface area contributed by atoms with E-state index in [2.05, 4.69) is 23.6 Å². The van der Waals surface area contributed by atoms with E-state index in [-0.39, 0.29) is 5.78 Å². The minimum atomic E-state index is 0.116. The number of quaternary nitrogens is 1. The van der Waals surface area contributed by atoms with Gasteiger partial charge in [0.25, 0.3) is 0 Å². The largest absolute Gasteiger partial charge is 0.370 e. The number of ketones is 1. The number of thiazole rings is 1. The number of morpholine rings is 1. The van der Waals surface area contributed by atoms with Gasteiger partial charge in [-0.3, -0.25) is 4.79 Å². The smallest absolute Gasteiger partial charge is 0.190 e. The van der Waals surface area contributed by atoms with Crippen LogP contribution in [0.1, 0.15) is 34.3 Å². The van der Waals surface area contributed by atoms with Crippen LogP contribution in [-0.4, -0.2) is 43.2 Å². The number of aryl methyl sites for hydroxylation is 1. The lowest BCUT2D eigenvalue weighted by molar-refractivity contribution is -0.908. The SMILES string of the molecule is CC(=O)c1sc(=Nc2ccc(C)cc2)n(CCC[NH+]2CCOCC2)c1C. The molecule has 0 spiro atoms. The number of aromatic nitrogens is 1. The van der Waals surface area contributed by atoms with Crippen molar-refractivity contribution in [2.45, 2.75) is 33.7 Å². The van der Waals surface area contributed by atoms with Gasteiger partial charge in [-0.05, 0) is 26.0 Å². The molecule has 1 N–H and O–H groups in total. The van der Waals surface area contributed by atoms with E-state index in [1.807, 2.05) is 19.1 Å². The number of rotatable bonds is 6. The number of hydrogen-bond acceptors (Lipinski definition) is 4. The first-order chi connectivity index (χ1) is 12.5. The van der Waals surface area contributed by atoms with Crippen molar-refractivity contribution in [1.82, 2.24) is 4.57 Å². The topological polar surface area (TPSA) is 48.0 Å². The van der Waals surface area contributed by atoms with Crippen LogP contribution in [0.4, 0.5) is 5.69 Å². The lowest BCUT2D eigenvalue weighted by Gasteiger charge is -2.23. The summed E-state index contributed by atoms with van der Waals surface area (Å²) in [7, 11) is 0. The molecule has 2 heterocycles. The summed E-state index contributed by atoms with van der Waals surface area (Å²) in [6.07, 6.45) is 1.07. The van der Waals surface area contributed by atoms with E-state index < -0.39 is 0 Å². The number of Topliss-reactive ketones (excluding diaryl/α,β-unsaturated/α-hetero) is 1. The number of ether oxygens (including phenoxy) is 1.